The molecule has 31 heavy (non-hydrogen) atoms. The zero-order valence-corrected chi connectivity index (χ0v) is 17.7. The molecule has 2 aliphatic rings. The molecule has 2 aromatic rings. The Balaban J connectivity index is 1.41. The number of nitrogens with one attached hydrogen (secondary N) is 1. The van der Waals surface area contributed by atoms with Crippen LogP contribution in [0.3, 0.4) is 0 Å². The number of aliphatic hydroxyl groups excluding tert-OH is 1. The Hall–Kier alpha value is -2.56. The highest BCUT2D eigenvalue weighted by atomic mass is 35.5. The van der Waals surface area contributed by atoms with Crippen LogP contribution in [0.4, 0.5) is 0 Å². The number of carbonyl (C=O) groups is 2. The van der Waals surface area contributed by atoms with Crippen LogP contribution in [-0.2, 0) is 21.0 Å². The van der Waals surface area contributed by atoms with E-state index in [2.05, 4.69) is 20.8 Å². The van der Waals surface area contributed by atoms with Crippen molar-refractivity contribution >= 4 is 23.4 Å². The van der Waals surface area contributed by atoms with E-state index >= 15 is 0 Å². The van der Waals surface area contributed by atoms with Gasteiger partial charge in [0.25, 0.3) is 5.91 Å². The largest absolute Gasteiger partial charge is 0.383 e. The minimum absolute atomic E-state index is 0.0838. The standard InChI is InChI=1S/C20H25ClN6O4/c21-15-6-7-16(26-12-23-24-25-26)14(10-15)11-22-19(29)17-8-9-31-27(17)20(30)18(28)13-4-2-1-3-5-13/h6-7,10,12-13,17-18,28H,1-5,8-9,11H2,(H,22,29)/t17?,18-/m1/s1. The number of nitrogens with zero attached hydrogens (tertiary/aromatic N) is 5. The number of tetrazole rings is 1. The normalized spacial score (nSPS) is 20.6. The average Bonchev–Trinajstić information content (AvgIpc) is 3.49. The topological polar surface area (TPSA) is 122 Å². The zero-order valence-electron chi connectivity index (χ0n) is 17.0. The first-order valence-corrected chi connectivity index (χ1v) is 10.9. The molecule has 2 atom stereocenters. The number of amides is 2. The lowest BCUT2D eigenvalue weighted by atomic mass is 9.85. The molecule has 4 rings (SSSR count). The van der Waals surface area contributed by atoms with Crippen molar-refractivity contribution in [2.24, 2.45) is 5.92 Å². The summed E-state index contributed by atoms with van der Waals surface area (Å²) in [5.41, 5.74) is 1.39. The highest BCUT2D eigenvalue weighted by molar-refractivity contribution is 6.30. The van der Waals surface area contributed by atoms with Gasteiger partial charge in [0.05, 0.1) is 12.3 Å². The van der Waals surface area contributed by atoms with Gasteiger partial charge >= 0.3 is 0 Å². The van der Waals surface area contributed by atoms with Gasteiger partial charge in [-0.1, -0.05) is 30.9 Å². The van der Waals surface area contributed by atoms with Crippen LogP contribution in [0, 0.1) is 5.92 Å². The van der Waals surface area contributed by atoms with Gasteiger partial charge in [-0.15, -0.1) is 5.10 Å². The molecule has 0 spiro atoms. The van der Waals surface area contributed by atoms with Gasteiger partial charge in [0, 0.05) is 18.0 Å². The second-order valence-electron chi connectivity index (χ2n) is 7.89. The molecule has 166 valence electrons. The molecule has 2 amide bonds. The third-order valence-electron chi connectivity index (χ3n) is 5.86. The van der Waals surface area contributed by atoms with Crippen LogP contribution in [0.5, 0.6) is 0 Å². The highest BCUT2D eigenvalue weighted by Crippen LogP contribution is 2.29. The first-order chi connectivity index (χ1) is 15.0. The van der Waals surface area contributed by atoms with Gasteiger partial charge in [0.2, 0.25) is 5.91 Å². The van der Waals surface area contributed by atoms with Crippen molar-refractivity contribution in [1.29, 1.82) is 0 Å². The predicted molar refractivity (Wildman–Crippen MR) is 110 cm³/mol. The molecule has 0 radical (unpaired) electrons. The highest BCUT2D eigenvalue weighted by Gasteiger charge is 2.40. The summed E-state index contributed by atoms with van der Waals surface area (Å²) in [4.78, 5) is 31.1. The molecule has 1 saturated carbocycles. The number of carbonyl (C=O) groups excluding carboxylic acids is 2. The molecule has 2 heterocycles. The smallest absolute Gasteiger partial charge is 0.275 e. The van der Waals surface area contributed by atoms with Crippen LogP contribution in [-0.4, -0.2) is 60.9 Å². The van der Waals surface area contributed by atoms with E-state index in [1.807, 2.05) is 0 Å². The van der Waals surface area contributed by atoms with Gasteiger partial charge in [-0.3, -0.25) is 14.4 Å². The molecule has 1 aromatic heterocycles. The lowest BCUT2D eigenvalue weighted by Crippen LogP contribution is -2.50. The van der Waals surface area contributed by atoms with E-state index < -0.39 is 18.1 Å². The summed E-state index contributed by atoms with van der Waals surface area (Å²) in [5, 5.41) is 26.1. The molecular weight excluding hydrogens is 424 g/mol. The van der Waals surface area contributed by atoms with Gasteiger partial charge in [0.1, 0.15) is 18.5 Å². The summed E-state index contributed by atoms with van der Waals surface area (Å²) >= 11 is 6.12. The summed E-state index contributed by atoms with van der Waals surface area (Å²) in [6.07, 6.45) is 5.42. The summed E-state index contributed by atoms with van der Waals surface area (Å²) in [6.45, 7) is 0.409. The Labute approximate surface area is 184 Å². The lowest BCUT2D eigenvalue weighted by Gasteiger charge is -2.30. The second kappa shape index (κ2) is 9.71. The van der Waals surface area contributed by atoms with Crippen molar-refractivity contribution in [3.63, 3.8) is 0 Å². The number of aromatic nitrogens is 4. The Morgan fingerprint density at radius 2 is 2.06 bits per heavy atom. The summed E-state index contributed by atoms with van der Waals surface area (Å²) in [6, 6.07) is 4.40. The van der Waals surface area contributed by atoms with Crippen molar-refractivity contribution in [1.82, 2.24) is 30.6 Å². The Kier molecular flexibility index (Phi) is 6.79. The second-order valence-corrected chi connectivity index (χ2v) is 8.33. The van der Waals surface area contributed by atoms with Gasteiger partial charge in [0.15, 0.2) is 0 Å². The maximum atomic E-state index is 12.9. The van der Waals surface area contributed by atoms with Crippen molar-refractivity contribution in [2.45, 2.75) is 57.2 Å². The van der Waals surface area contributed by atoms with Crippen LogP contribution in [0.2, 0.25) is 5.02 Å². The van der Waals surface area contributed by atoms with Crippen LogP contribution >= 0.6 is 11.6 Å². The Morgan fingerprint density at radius 1 is 1.26 bits per heavy atom. The molecule has 11 heteroatoms. The number of hydrogen-bond donors (Lipinski definition) is 2. The first-order valence-electron chi connectivity index (χ1n) is 10.5. The number of benzene rings is 1. The number of rotatable bonds is 6. The van der Waals surface area contributed by atoms with Crippen LogP contribution < -0.4 is 5.32 Å². The quantitative estimate of drug-likeness (QED) is 0.684. The van der Waals surface area contributed by atoms with E-state index in [1.54, 1.807) is 18.2 Å². The molecule has 1 unspecified atom stereocenters. The van der Waals surface area contributed by atoms with E-state index in [0.717, 1.165) is 37.2 Å². The van der Waals surface area contributed by atoms with Crippen molar-refractivity contribution in [3.8, 4) is 5.69 Å². The van der Waals surface area contributed by atoms with Crippen molar-refractivity contribution in [2.75, 3.05) is 6.61 Å². The fraction of sp³-hybridized carbons (Fsp3) is 0.550. The number of aliphatic hydroxyl groups is 1. The van der Waals surface area contributed by atoms with E-state index in [4.69, 9.17) is 16.4 Å². The van der Waals surface area contributed by atoms with E-state index in [0.29, 0.717) is 22.7 Å². The minimum atomic E-state index is -1.15. The monoisotopic (exact) mass is 448 g/mol. The van der Waals surface area contributed by atoms with Crippen molar-refractivity contribution < 1.29 is 19.5 Å². The molecular formula is C20H25ClN6O4. The molecule has 1 aromatic carbocycles. The zero-order chi connectivity index (χ0) is 21.8. The molecule has 10 nitrogen and oxygen atoms in total. The predicted octanol–water partition coefficient (Wildman–Crippen LogP) is 1.41. The molecule has 2 N–H and O–H groups in total. The third-order valence-corrected chi connectivity index (χ3v) is 6.10. The SMILES string of the molecule is O=C(NCc1cc(Cl)ccc1-n1cnnn1)C1CCON1C(=O)[C@H](O)C1CCCCC1. The van der Waals surface area contributed by atoms with Gasteiger partial charge in [-0.2, -0.15) is 0 Å². The third kappa shape index (κ3) is 4.86. The molecule has 1 aliphatic heterocycles. The van der Waals surface area contributed by atoms with Crippen LogP contribution in [0.25, 0.3) is 5.69 Å². The van der Waals surface area contributed by atoms with Gasteiger partial charge in [-0.25, -0.2) is 9.75 Å². The van der Waals surface area contributed by atoms with Crippen LogP contribution in [0.15, 0.2) is 24.5 Å². The Morgan fingerprint density at radius 3 is 2.81 bits per heavy atom. The fourth-order valence-corrected chi connectivity index (χ4v) is 4.39. The van der Waals surface area contributed by atoms with E-state index in [9.17, 15) is 14.7 Å². The molecule has 0 bridgehead atoms. The van der Waals surface area contributed by atoms with Crippen molar-refractivity contribution in [3.05, 3.63) is 35.1 Å². The van der Waals surface area contributed by atoms with E-state index in [-0.39, 0.29) is 25.0 Å². The van der Waals surface area contributed by atoms with E-state index in [1.165, 1.54) is 11.0 Å². The number of hydroxylamine groups is 2. The number of hydrogen-bond acceptors (Lipinski definition) is 7. The van der Waals surface area contributed by atoms with Gasteiger partial charge < -0.3 is 10.4 Å². The number of halogens is 1. The lowest BCUT2D eigenvalue weighted by molar-refractivity contribution is -0.190. The average molecular weight is 449 g/mol. The van der Waals surface area contributed by atoms with Crippen LogP contribution in [0.1, 0.15) is 44.1 Å². The Bertz CT molecular complexity index is 918. The molecule has 1 aliphatic carbocycles. The summed E-state index contributed by atoms with van der Waals surface area (Å²) < 4.78 is 1.48. The summed E-state index contributed by atoms with van der Waals surface area (Å²) in [5.74, 6) is -0.981. The molecule has 1 saturated heterocycles. The van der Waals surface area contributed by atoms with Gasteiger partial charge in [-0.05, 0) is 52.9 Å². The fourth-order valence-electron chi connectivity index (χ4n) is 4.20. The molecule has 2 fully saturated rings. The maximum absolute atomic E-state index is 12.9. The minimum Gasteiger partial charge on any atom is -0.383 e. The first kappa shape index (κ1) is 21.7. The maximum Gasteiger partial charge on any atom is 0.275 e. The summed E-state index contributed by atoms with van der Waals surface area (Å²) in [7, 11) is 0.